The molecule has 2 fully saturated rings. The molecule has 0 radical (unpaired) electrons. The second kappa shape index (κ2) is 4.31. The van der Waals surface area contributed by atoms with Gasteiger partial charge in [-0.2, -0.15) is 0 Å². The molecule has 1 saturated carbocycles. The molecule has 1 aliphatic carbocycles. The number of aliphatic imine (C=N–C) groups is 1. The maximum absolute atomic E-state index is 5.31. The van der Waals surface area contributed by atoms with Gasteiger partial charge in [-0.05, 0) is 18.8 Å². The van der Waals surface area contributed by atoms with E-state index in [0.29, 0.717) is 0 Å². The van der Waals surface area contributed by atoms with Crippen molar-refractivity contribution >= 4 is 16.9 Å². The predicted octanol–water partition coefficient (Wildman–Crippen LogP) is 0.705. The summed E-state index contributed by atoms with van der Waals surface area (Å²) in [4.78, 5) is 4.56. The highest BCUT2D eigenvalue weighted by atomic mass is 32.2. The van der Waals surface area contributed by atoms with E-state index in [0.717, 1.165) is 49.2 Å². The number of rotatable bonds is 2. The fourth-order valence-electron chi connectivity index (χ4n) is 1.98. The third-order valence-electron chi connectivity index (χ3n) is 3.09. The van der Waals surface area contributed by atoms with Crippen LogP contribution in [0.15, 0.2) is 4.99 Å². The van der Waals surface area contributed by atoms with Crippen LogP contribution >= 0.6 is 11.8 Å². The molecular formula is C10H17N3OS. The standard InChI is InChI=1S/C10H17N3OS/c1-2-8(1)9-7-11-10(15-9)12-13-3-5-14-6-4-13/h8-9H,1-7H2,(H,11,12). The zero-order chi connectivity index (χ0) is 10.1. The molecule has 15 heavy (non-hydrogen) atoms. The van der Waals surface area contributed by atoms with E-state index in [1.54, 1.807) is 0 Å². The zero-order valence-corrected chi connectivity index (χ0v) is 9.63. The summed E-state index contributed by atoms with van der Waals surface area (Å²) in [5, 5.41) is 4.09. The predicted molar refractivity (Wildman–Crippen MR) is 61.9 cm³/mol. The van der Waals surface area contributed by atoms with Gasteiger partial charge >= 0.3 is 0 Å². The first-order valence-corrected chi connectivity index (χ1v) is 6.60. The third-order valence-corrected chi connectivity index (χ3v) is 4.37. The van der Waals surface area contributed by atoms with E-state index in [2.05, 4.69) is 15.4 Å². The Kier molecular flexibility index (Phi) is 2.86. The van der Waals surface area contributed by atoms with Crippen LogP contribution in [0.3, 0.4) is 0 Å². The number of hydrogen-bond donors (Lipinski definition) is 1. The minimum Gasteiger partial charge on any atom is -0.379 e. The molecule has 0 spiro atoms. The van der Waals surface area contributed by atoms with Crippen LogP contribution < -0.4 is 5.43 Å². The number of morpholine rings is 1. The van der Waals surface area contributed by atoms with Gasteiger partial charge in [-0.25, -0.2) is 5.01 Å². The molecule has 1 unspecified atom stereocenters. The molecule has 1 atom stereocenters. The molecule has 3 rings (SSSR count). The largest absolute Gasteiger partial charge is 0.379 e. The molecule has 0 aromatic carbocycles. The van der Waals surface area contributed by atoms with E-state index < -0.39 is 0 Å². The SMILES string of the molecule is C1CN(NC2=NCC(C3CC3)S2)CCO1. The minimum absolute atomic E-state index is 0.758. The molecule has 5 heteroatoms. The van der Waals surface area contributed by atoms with E-state index >= 15 is 0 Å². The van der Waals surface area contributed by atoms with Crippen molar-refractivity contribution in [3.63, 3.8) is 0 Å². The molecular weight excluding hydrogens is 210 g/mol. The summed E-state index contributed by atoms with van der Waals surface area (Å²) in [7, 11) is 0. The highest BCUT2D eigenvalue weighted by Gasteiger charge is 2.35. The summed E-state index contributed by atoms with van der Waals surface area (Å²) in [6, 6.07) is 0. The van der Waals surface area contributed by atoms with Gasteiger partial charge in [-0.1, -0.05) is 11.8 Å². The van der Waals surface area contributed by atoms with Gasteiger partial charge in [0.25, 0.3) is 0 Å². The topological polar surface area (TPSA) is 36.9 Å². The molecule has 2 aliphatic heterocycles. The van der Waals surface area contributed by atoms with Crippen LogP contribution in [-0.2, 0) is 4.74 Å². The van der Waals surface area contributed by atoms with Crippen molar-refractivity contribution in [3.8, 4) is 0 Å². The number of thioether (sulfide) groups is 1. The smallest absolute Gasteiger partial charge is 0.171 e. The van der Waals surface area contributed by atoms with E-state index in [1.807, 2.05) is 11.8 Å². The Hall–Kier alpha value is -0.260. The lowest BCUT2D eigenvalue weighted by atomic mass is 10.3. The molecule has 4 nitrogen and oxygen atoms in total. The van der Waals surface area contributed by atoms with Crippen LogP contribution in [-0.4, -0.2) is 48.3 Å². The van der Waals surface area contributed by atoms with E-state index in [9.17, 15) is 0 Å². The number of nitrogens with one attached hydrogen (secondary N) is 1. The number of hydrazine groups is 1. The highest BCUT2D eigenvalue weighted by molar-refractivity contribution is 8.14. The Balaban J connectivity index is 1.46. The summed E-state index contributed by atoms with van der Waals surface area (Å²) in [5.74, 6) is 0.947. The van der Waals surface area contributed by atoms with Crippen molar-refractivity contribution in [1.82, 2.24) is 10.4 Å². The molecule has 1 N–H and O–H groups in total. The summed E-state index contributed by atoms with van der Waals surface area (Å²) in [6.07, 6.45) is 2.83. The van der Waals surface area contributed by atoms with Crippen molar-refractivity contribution < 1.29 is 4.74 Å². The Bertz CT molecular complexity index is 261. The zero-order valence-electron chi connectivity index (χ0n) is 8.82. The van der Waals surface area contributed by atoms with E-state index in [-0.39, 0.29) is 0 Å². The summed E-state index contributed by atoms with van der Waals surface area (Å²) >= 11 is 1.93. The lowest BCUT2D eigenvalue weighted by Gasteiger charge is -2.27. The first kappa shape index (κ1) is 9.93. The molecule has 0 amide bonds. The van der Waals surface area contributed by atoms with Gasteiger partial charge in [-0.15, -0.1) is 0 Å². The average molecular weight is 227 g/mol. The summed E-state index contributed by atoms with van der Waals surface area (Å²) in [6.45, 7) is 4.61. The van der Waals surface area contributed by atoms with Crippen LogP contribution in [0.4, 0.5) is 0 Å². The fraction of sp³-hybridized carbons (Fsp3) is 0.900. The van der Waals surface area contributed by atoms with Crippen molar-refractivity contribution in [2.75, 3.05) is 32.8 Å². The molecule has 2 heterocycles. The molecule has 1 saturated heterocycles. The minimum atomic E-state index is 0.758. The van der Waals surface area contributed by atoms with Crippen molar-refractivity contribution in [2.45, 2.75) is 18.1 Å². The fourth-order valence-corrected chi connectivity index (χ4v) is 3.21. The van der Waals surface area contributed by atoms with Gasteiger partial charge in [0.1, 0.15) is 0 Å². The second-order valence-electron chi connectivity index (χ2n) is 4.35. The van der Waals surface area contributed by atoms with Crippen LogP contribution in [0, 0.1) is 5.92 Å². The third kappa shape index (κ3) is 2.46. The quantitative estimate of drug-likeness (QED) is 0.753. The molecule has 0 aromatic rings. The van der Waals surface area contributed by atoms with E-state index in [4.69, 9.17) is 4.74 Å². The lowest BCUT2D eigenvalue weighted by Crippen LogP contribution is -2.47. The number of nitrogens with zero attached hydrogens (tertiary/aromatic N) is 2. The lowest BCUT2D eigenvalue weighted by molar-refractivity contribution is 0.0254. The van der Waals surface area contributed by atoms with Gasteiger partial charge in [0, 0.05) is 18.3 Å². The van der Waals surface area contributed by atoms with Gasteiger partial charge in [0.15, 0.2) is 5.17 Å². The average Bonchev–Trinajstić information content (AvgIpc) is 3.02. The second-order valence-corrected chi connectivity index (χ2v) is 5.58. The van der Waals surface area contributed by atoms with Gasteiger partial charge in [0.05, 0.1) is 19.8 Å². The Labute approximate surface area is 94.4 Å². The van der Waals surface area contributed by atoms with Gasteiger partial charge in [-0.3, -0.25) is 10.4 Å². The Morgan fingerprint density at radius 3 is 2.87 bits per heavy atom. The van der Waals surface area contributed by atoms with Crippen molar-refractivity contribution in [3.05, 3.63) is 0 Å². The van der Waals surface area contributed by atoms with E-state index in [1.165, 1.54) is 12.8 Å². The van der Waals surface area contributed by atoms with Crippen LogP contribution in [0.2, 0.25) is 0 Å². The maximum atomic E-state index is 5.31. The molecule has 0 bridgehead atoms. The Morgan fingerprint density at radius 2 is 2.13 bits per heavy atom. The van der Waals surface area contributed by atoms with Crippen LogP contribution in [0.1, 0.15) is 12.8 Å². The van der Waals surface area contributed by atoms with Crippen LogP contribution in [0.25, 0.3) is 0 Å². The number of amidine groups is 1. The normalized spacial score (nSPS) is 32.8. The monoisotopic (exact) mass is 227 g/mol. The van der Waals surface area contributed by atoms with Crippen LogP contribution in [0.5, 0.6) is 0 Å². The molecule has 3 aliphatic rings. The van der Waals surface area contributed by atoms with Crippen molar-refractivity contribution in [1.29, 1.82) is 0 Å². The maximum Gasteiger partial charge on any atom is 0.171 e. The number of hydrogen-bond acceptors (Lipinski definition) is 5. The van der Waals surface area contributed by atoms with Crippen molar-refractivity contribution in [2.24, 2.45) is 10.9 Å². The highest BCUT2D eigenvalue weighted by Crippen LogP contribution is 2.41. The Morgan fingerprint density at radius 1 is 1.33 bits per heavy atom. The summed E-state index contributed by atoms with van der Waals surface area (Å²) in [5.41, 5.74) is 3.40. The summed E-state index contributed by atoms with van der Waals surface area (Å²) < 4.78 is 5.31. The number of ether oxygens (including phenoxy) is 1. The first-order valence-electron chi connectivity index (χ1n) is 5.72. The molecule has 0 aromatic heterocycles. The van der Waals surface area contributed by atoms with Gasteiger partial charge < -0.3 is 4.74 Å². The van der Waals surface area contributed by atoms with Gasteiger partial charge in [0.2, 0.25) is 0 Å². The first-order chi connectivity index (χ1) is 7.42. The molecule has 84 valence electrons.